The van der Waals surface area contributed by atoms with Crippen molar-refractivity contribution in [2.45, 2.75) is 38.9 Å². The molecule has 0 aromatic heterocycles. The van der Waals surface area contributed by atoms with Crippen LogP contribution < -0.4 is 5.73 Å². The summed E-state index contributed by atoms with van der Waals surface area (Å²) in [4.78, 5) is 0. The summed E-state index contributed by atoms with van der Waals surface area (Å²) >= 11 is 5.80. The van der Waals surface area contributed by atoms with E-state index in [1.807, 2.05) is 13.8 Å². The van der Waals surface area contributed by atoms with Crippen molar-refractivity contribution in [3.8, 4) is 0 Å². The topological polar surface area (TPSA) is 26.0 Å². The molecular formula is C13H18Cl2F3N. The molecule has 1 atom stereocenters. The standard InChI is InChI=1S/C13H17ClF3N.ClH/c1-8(2)6-7-11(18)9-4-3-5-10(12(9)14)13(15,16)17;/h3-5,8,11H,6-7,18H2,1-2H3;1H/t11-;/m1./s1. The molecule has 0 heterocycles. The van der Waals surface area contributed by atoms with Gasteiger partial charge in [0.25, 0.3) is 0 Å². The smallest absolute Gasteiger partial charge is 0.324 e. The van der Waals surface area contributed by atoms with E-state index in [9.17, 15) is 13.2 Å². The summed E-state index contributed by atoms with van der Waals surface area (Å²) in [5.74, 6) is 0.459. The lowest BCUT2D eigenvalue weighted by Crippen LogP contribution is -2.14. The summed E-state index contributed by atoms with van der Waals surface area (Å²) in [6.45, 7) is 4.08. The van der Waals surface area contributed by atoms with Crippen LogP contribution in [0.15, 0.2) is 18.2 Å². The summed E-state index contributed by atoms with van der Waals surface area (Å²) in [5.41, 5.74) is 5.45. The lowest BCUT2D eigenvalue weighted by Gasteiger charge is -2.18. The van der Waals surface area contributed by atoms with E-state index in [-0.39, 0.29) is 17.4 Å². The molecule has 0 bridgehead atoms. The van der Waals surface area contributed by atoms with Gasteiger partial charge < -0.3 is 5.73 Å². The molecule has 0 aliphatic heterocycles. The molecular weight excluding hydrogens is 298 g/mol. The molecule has 0 amide bonds. The van der Waals surface area contributed by atoms with Crippen molar-refractivity contribution in [2.75, 3.05) is 0 Å². The van der Waals surface area contributed by atoms with Crippen LogP contribution in [0.3, 0.4) is 0 Å². The third-order valence-electron chi connectivity index (χ3n) is 2.79. The van der Waals surface area contributed by atoms with E-state index in [1.165, 1.54) is 6.07 Å². The van der Waals surface area contributed by atoms with Crippen LogP contribution in [0, 0.1) is 5.92 Å². The molecule has 1 rings (SSSR count). The van der Waals surface area contributed by atoms with E-state index in [2.05, 4.69) is 0 Å². The average Bonchev–Trinajstić information content (AvgIpc) is 2.24. The van der Waals surface area contributed by atoms with Gasteiger partial charge in [-0.25, -0.2) is 0 Å². The fraction of sp³-hybridized carbons (Fsp3) is 0.538. The minimum Gasteiger partial charge on any atom is -0.324 e. The highest BCUT2D eigenvalue weighted by molar-refractivity contribution is 6.32. The lowest BCUT2D eigenvalue weighted by molar-refractivity contribution is -0.137. The minimum atomic E-state index is -4.44. The van der Waals surface area contributed by atoms with Gasteiger partial charge in [-0.15, -0.1) is 12.4 Å². The molecule has 0 saturated carbocycles. The maximum Gasteiger partial charge on any atom is 0.417 e. The Balaban J connectivity index is 0.00000324. The van der Waals surface area contributed by atoms with Crippen LogP contribution >= 0.6 is 24.0 Å². The van der Waals surface area contributed by atoms with Crippen LogP contribution in [0.1, 0.15) is 43.9 Å². The first-order valence-electron chi connectivity index (χ1n) is 5.84. The molecule has 6 heteroatoms. The van der Waals surface area contributed by atoms with Gasteiger partial charge in [-0.1, -0.05) is 37.6 Å². The zero-order chi connectivity index (χ0) is 13.9. The molecule has 0 aliphatic carbocycles. The van der Waals surface area contributed by atoms with Crippen LogP contribution in [0.2, 0.25) is 5.02 Å². The number of benzene rings is 1. The Morgan fingerprint density at radius 3 is 2.26 bits per heavy atom. The molecule has 0 unspecified atom stereocenters. The number of alkyl halides is 3. The van der Waals surface area contributed by atoms with Crippen molar-refractivity contribution in [1.82, 2.24) is 0 Å². The largest absolute Gasteiger partial charge is 0.417 e. The van der Waals surface area contributed by atoms with Gasteiger partial charge in [0.15, 0.2) is 0 Å². The highest BCUT2D eigenvalue weighted by atomic mass is 35.5. The van der Waals surface area contributed by atoms with Crippen LogP contribution in [0.4, 0.5) is 13.2 Å². The maximum atomic E-state index is 12.7. The van der Waals surface area contributed by atoms with E-state index >= 15 is 0 Å². The van der Waals surface area contributed by atoms with Crippen molar-refractivity contribution >= 4 is 24.0 Å². The average molecular weight is 316 g/mol. The Kier molecular flexibility index (Phi) is 7.19. The number of nitrogens with two attached hydrogens (primary N) is 1. The molecule has 1 aromatic rings. The second-order valence-electron chi connectivity index (χ2n) is 4.78. The molecule has 2 N–H and O–H groups in total. The predicted molar refractivity (Wildman–Crippen MR) is 74.7 cm³/mol. The van der Waals surface area contributed by atoms with Gasteiger partial charge in [-0.3, -0.25) is 0 Å². The minimum absolute atomic E-state index is 0. The van der Waals surface area contributed by atoms with Crippen molar-refractivity contribution < 1.29 is 13.2 Å². The predicted octanol–water partition coefficient (Wildman–Crippen LogP) is 5.22. The first kappa shape index (κ1) is 18.6. The Labute approximate surface area is 122 Å². The first-order valence-corrected chi connectivity index (χ1v) is 6.22. The SMILES string of the molecule is CC(C)CC[C@@H](N)c1cccc(C(F)(F)F)c1Cl.Cl. The maximum absolute atomic E-state index is 12.7. The quantitative estimate of drug-likeness (QED) is 0.810. The third-order valence-corrected chi connectivity index (χ3v) is 3.21. The Morgan fingerprint density at radius 1 is 1.21 bits per heavy atom. The Morgan fingerprint density at radius 2 is 1.79 bits per heavy atom. The normalized spacial score (nSPS) is 13.3. The number of rotatable bonds is 4. The Bertz CT molecular complexity index is 405. The monoisotopic (exact) mass is 315 g/mol. The molecule has 0 spiro atoms. The summed E-state index contributed by atoms with van der Waals surface area (Å²) < 4.78 is 38.0. The van der Waals surface area contributed by atoms with Crippen LogP contribution in [-0.2, 0) is 6.18 Å². The highest BCUT2D eigenvalue weighted by Crippen LogP contribution is 2.38. The molecule has 0 fully saturated rings. The van der Waals surface area contributed by atoms with E-state index < -0.39 is 17.8 Å². The first-order chi connectivity index (χ1) is 8.23. The van der Waals surface area contributed by atoms with Crippen LogP contribution in [0.25, 0.3) is 0 Å². The van der Waals surface area contributed by atoms with Gasteiger partial charge in [0, 0.05) is 6.04 Å². The van der Waals surface area contributed by atoms with Crippen molar-refractivity contribution in [3.63, 3.8) is 0 Å². The molecule has 19 heavy (non-hydrogen) atoms. The van der Waals surface area contributed by atoms with Crippen LogP contribution in [0.5, 0.6) is 0 Å². The molecule has 110 valence electrons. The summed E-state index contributed by atoms with van der Waals surface area (Å²) in [6, 6.07) is 3.42. The molecule has 0 saturated heterocycles. The van der Waals surface area contributed by atoms with Gasteiger partial charge in [-0.05, 0) is 30.4 Å². The van der Waals surface area contributed by atoms with Crippen molar-refractivity contribution in [3.05, 3.63) is 34.3 Å². The highest BCUT2D eigenvalue weighted by Gasteiger charge is 2.34. The van der Waals surface area contributed by atoms with Crippen molar-refractivity contribution in [2.24, 2.45) is 11.7 Å². The summed E-state index contributed by atoms with van der Waals surface area (Å²) in [6.07, 6.45) is -2.96. The molecule has 1 nitrogen and oxygen atoms in total. The van der Waals surface area contributed by atoms with E-state index in [0.717, 1.165) is 12.5 Å². The number of halogens is 5. The summed E-state index contributed by atoms with van der Waals surface area (Å²) in [5, 5.41) is -0.277. The molecule has 1 aromatic carbocycles. The van der Waals surface area contributed by atoms with Crippen LogP contribution in [-0.4, -0.2) is 0 Å². The fourth-order valence-electron chi connectivity index (χ4n) is 1.72. The number of hydrogen-bond donors (Lipinski definition) is 1. The van der Waals surface area contributed by atoms with Gasteiger partial charge >= 0.3 is 6.18 Å². The van der Waals surface area contributed by atoms with Gasteiger partial charge in [0.1, 0.15) is 0 Å². The summed E-state index contributed by atoms with van der Waals surface area (Å²) in [7, 11) is 0. The lowest BCUT2D eigenvalue weighted by atomic mass is 9.97. The van der Waals surface area contributed by atoms with Gasteiger partial charge in [-0.2, -0.15) is 13.2 Å². The zero-order valence-electron chi connectivity index (χ0n) is 10.8. The van der Waals surface area contributed by atoms with Gasteiger partial charge in [0.05, 0.1) is 10.6 Å². The van der Waals surface area contributed by atoms with E-state index in [1.54, 1.807) is 6.07 Å². The van der Waals surface area contributed by atoms with Gasteiger partial charge in [0.2, 0.25) is 0 Å². The van der Waals surface area contributed by atoms with E-state index in [0.29, 0.717) is 17.9 Å². The van der Waals surface area contributed by atoms with Crippen molar-refractivity contribution in [1.29, 1.82) is 0 Å². The third kappa shape index (κ3) is 5.21. The zero-order valence-corrected chi connectivity index (χ0v) is 12.4. The van der Waals surface area contributed by atoms with E-state index in [4.69, 9.17) is 17.3 Å². The fourth-order valence-corrected chi connectivity index (χ4v) is 2.10. The molecule has 0 radical (unpaired) electrons. The second-order valence-corrected chi connectivity index (χ2v) is 5.16. The number of hydrogen-bond acceptors (Lipinski definition) is 1. The Hall–Kier alpha value is -0.450. The molecule has 0 aliphatic rings. The second kappa shape index (κ2) is 7.36.